The monoisotopic (exact) mass is 331 g/mol. The Morgan fingerprint density at radius 2 is 2.14 bits per heavy atom. The smallest absolute Gasteiger partial charge is 0.415 e. The molecule has 1 aromatic carbocycles. The summed E-state index contributed by atoms with van der Waals surface area (Å²) in [7, 11) is 0. The first kappa shape index (κ1) is 16.5. The Balaban J connectivity index is 2.60. The van der Waals surface area contributed by atoms with Crippen LogP contribution in [0.25, 0.3) is 0 Å². The fraction of sp³-hybridized carbons (Fsp3) is 0.400. The molecule has 1 aliphatic heterocycles. The minimum atomic E-state index is -4.89. The van der Waals surface area contributed by atoms with E-state index in [1.165, 1.54) is 12.1 Å². The van der Waals surface area contributed by atoms with Gasteiger partial charge in [0.1, 0.15) is 0 Å². The summed E-state index contributed by atoms with van der Waals surface area (Å²) in [5, 5.41) is 2.33. The molecule has 1 amide bonds. The number of amides is 1. The van der Waals surface area contributed by atoms with Crippen LogP contribution in [0.5, 0.6) is 0 Å². The lowest BCUT2D eigenvalue weighted by atomic mass is 9.90. The summed E-state index contributed by atoms with van der Waals surface area (Å²) in [6.45, 7) is 1.90. The van der Waals surface area contributed by atoms with Crippen LogP contribution in [0.4, 0.5) is 23.7 Å². The number of carbonyl (C=O) groups is 1. The van der Waals surface area contributed by atoms with Crippen molar-refractivity contribution < 1.29 is 22.7 Å². The molecule has 2 rings (SSSR count). The average Bonchev–Trinajstić information content (AvgIpc) is 2.42. The summed E-state index contributed by atoms with van der Waals surface area (Å²) in [6.07, 6.45) is -4.33. The number of unbranched alkanes of at least 4 members (excludes halogenated alkanes) is 2. The minimum absolute atomic E-state index is 0.0113. The zero-order valence-electron chi connectivity index (χ0n) is 11.7. The number of fused-ring (bicyclic) bond motifs is 1. The second kappa shape index (κ2) is 6.09. The number of ether oxygens (including phenoxy) is 1. The molecule has 1 N–H and O–H groups in total. The fourth-order valence-corrected chi connectivity index (χ4v) is 2.24. The van der Waals surface area contributed by atoms with Gasteiger partial charge in [0.25, 0.3) is 5.60 Å². The fourth-order valence-electron chi connectivity index (χ4n) is 2.07. The Kier molecular flexibility index (Phi) is 4.57. The van der Waals surface area contributed by atoms with Crippen molar-refractivity contribution in [3.63, 3.8) is 0 Å². The Hall–Kier alpha value is -1.87. The zero-order chi connectivity index (χ0) is 16.4. The molecular weight excluding hydrogens is 319 g/mol. The highest BCUT2D eigenvalue weighted by Gasteiger charge is 2.61. The lowest BCUT2D eigenvalue weighted by Crippen LogP contribution is -2.49. The maximum absolute atomic E-state index is 13.6. The van der Waals surface area contributed by atoms with Gasteiger partial charge in [-0.3, -0.25) is 5.32 Å². The molecular formula is C15H13ClF3NO2. The van der Waals surface area contributed by atoms with E-state index in [9.17, 15) is 18.0 Å². The number of benzene rings is 1. The van der Waals surface area contributed by atoms with Crippen LogP contribution in [0.15, 0.2) is 18.2 Å². The van der Waals surface area contributed by atoms with Gasteiger partial charge >= 0.3 is 12.3 Å². The van der Waals surface area contributed by atoms with E-state index in [2.05, 4.69) is 21.9 Å². The Morgan fingerprint density at radius 3 is 2.77 bits per heavy atom. The Labute approximate surface area is 130 Å². The Bertz CT molecular complexity index is 648. The molecule has 1 atom stereocenters. The first-order valence-corrected chi connectivity index (χ1v) is 7.04. The van der Waals surface area contributed by atoms with Gasteiger partial charge in [0, 0.05) is 17.0 Å². The summed E-state index contributed by atoms with van der Waals surface area (Å²) in [5.74, 6) is 4.57. The second-order valence-corrected chi connectivity index (χ2v) is 5.23. The number of halogens is 4. The number of hydrogen-bond donors (Lipinski definition) is 1. The van der Waals surface area contributed by atoms with Crippen molar-refractivity contribution in [3.8, 4) is 11.8 Å². The lowest BCUT2D eigenvalue weighted by Gasteiger charge is -2.35. The van der Waals surface area contributed by atoms with Crippen LogP contribution in [0.1, 0.15) is 31.7 Å². The van der Waals surface area contributed by atoms with Gasteiger partial charge in [-0.15, -0.1) is 0 Å². The maximum Gasteiger partial charge on any atom is 0.445 e. The van der Waals surface area contributed by atoms with E-state index in [0.29, 0.717) is 6.42 Å². The summed E-state index contributed by atoms with van der Waals surface area (Å²) < 4.78 is 45.5. The molecule has 0 saturated heterocycles. The van der Waals surface area contributed by atoms with Crippen molar-refractivity contribution in [2.45, 2.75) is 38.0 Å². The first-order valence-electron chi connectivity index (χ1n) is 6.67. The number of rotatable bonds is 2. The van der Waals surface area contributed by atoms with Crippen molar-refractivity contribution in [1.29, 1.82) is 0 Å². The normalized spacial score (nSPS) is 20.3. The van der Waals surface area contributed by atoms with Gasteiger partial charge in [-0.1, -0.05) is 30.9 Å². The van der Waals surface area contributed by atoms with E-state index in [0.717, 1.165) is 12.5 Å². The van der Waals surface area contributed by atoms with Crippen molar-refractivity contribution in [1.82, 2.24) is 0 Å². The third-order valence-corrected chi connectivity index (χ3v) is 3.40. The molecule has 0 spiro atoms. The summed E-state index contributed by atoms with van der Waals surface area (Å²) in [5.41, 5.74) is -3.32. The van der Waals surface area contributed by atoms with Crippen LogP contribution in [0.2, 0.25) is 5.02 Å². The highest BCUT2D eigenvalue weighted by molar-refractivity contribution is 6.30. The zero-order valence-corrected chi connectivity index (χ0v) is 12.4. The van der Waals surface area contributed by atoms with Gasteiger partial charge < -0.3 is 4.74 Å². The average molecular weight is 332 g/mol. The first-order chi connectivity index (χ1) is 10.3. The van der Waals surface area contributed by atoms with Gasteiger partial charge in [-0.05, 0) is 30.5 Å². The molecule has 0 saturated carbocycles. The van der Waals surface area contributed by atoms with Gasteiger partial charge in [-0.2, -0.15) is 13.2 Å². The molecule has 1 aliphatic rings. The predicted molar refractivity (Wildman–Crippen MR) is 76.6 cm³/mol. The number of alkyl halides is 3. The molecule has 1 heterocycles. The SMILES string of the molecule is CCCCC#C[C@]1(C(F)(F)F)OC(=O)Nc2ccc(Cl)cc21. The largest absolute Gasteiger partial charge is 0.445 e. The molecule has 1 aromatic rings. The molecule has 0 bridgehead atoms. The van der Waals surface area contributed by atoms with Crippen LogP contribution < -0.4 is 5.32 Å². The third-order valence-electron chi connectivity index (χ3n) is 3.16. The molecule has 0 aromatic heterocycles. The van der Waals surface area contributed by atoms with Crippen LogP contribution in [-0.4, -0.2) is 12.3 Å². The van der Waals surface area contributed by atoms with E-state index in [1.54, 1.807) is 0 Å². The van der Waals surface area contributed by atoms with Crippen molar-refractivity contribution in [2.24, 2.45) is 0 Å². The van der Waals surface area contributed by atoms with Crippen molar-refractivity contribution >= 4 is 23.4 Å². The molecule has 3 nitrogen and oxygen atoms in total. The van der Waals surface area contributed by atoms with E-state index < -0.39 is 17.9 Å². The highest BCUT2D eigenvalue weighted by atomic mass is 35.5. The summed E-state index contributed by atoms with van der Waals surface area (Å²) in [6, 6.07) is 3.79. The topological polar surface area (TPSA) is 38.3 Å². The molecule has 7 heteroatoms. The molecule has 0 radical (unpaired) electrons. The lowest BCUT2D eigenvalue weighted by molar-refractivity contribution is -0.239. The maximum atomic E-state index is 13.6. The third kappa shape index (κ3) is 3.00. The second-order valence-electron chi connectivity index (χ2n) is 4.79. The van der Waals surface area contributed by atoms with Crippen molar-refractivity contribution in [2.75, 3.05) is 5.32 Å². The van der Waals surface area contributed by atoms with Crippen molar-refractivity contribution in [3.05, 3.63) is 28.8 Å². The van der Waals surface area contributed by atoms with E-state index in [1.807, 2.05) is 6.92 Å². The molecule has 0 fully saturated rings. The molecule has 0 unspecified atom stereocenters. The number of hydrogen-bond acceptors (Lipinski definition) is 2. The van der Waals surface area contributed by atoms with E-state index >= 15 is 0 Å². The number of carbonyl (C=O) groups excluding carboxylic acids is 1. The molecule has 22 heavy (non-hydrogen) atoms. The summed E-state index contributed by atoms with van der Waals surface area (Å²) in [4.78, 5) is 11.5. The standard InChI is InChI=1S/C15H13ClF3NO2/c1-2-3-4-5-8-14(15(17,18)19)11-9-10(16)6-7-12(11)20-13(21)22-14/h6-7,9H,2-4H2,1H3,(H,20,21)/t14-/m0/s1. The van der Waals surface area contributed by atoms with E-state index in [4.69, 9.17) is 11.6 Å². The van der Waals surface area contributed by atoms with Gasteiger partial charge in [-0.25, -0.2) is 4.79 Å². The molecule has 0 aliphatic carbocycles. The van der Waals surface area contributed by atoms with Crippen LogP contribution in [0, 0.1) is 11.8 Å². The van der Waals surface area contributed by atoms with Gasteiger partial charge in [0.15, 0.2) is 0 Å². The van der Waals surface area contributed by atoms with Crippen LogP contribution >= 0.6 is 11.6 Å². The quantitative estimate of drug-likeness (QED) is 0.621. The Morgan fingerprint density at radius 1 is 1.41 bits per heavy atom. The van der Waals surface area contributed by atoms with Gasteiger partial charge in [0.2, 0.25) is 0 Å². The number of anilines is 1. The molecule has 118 valence electrons. The van der Waals surface area contributed by atoms with Crippen LogP contribution in [-0.2, 0) is 10.3 Å². The predicted octanol–water partition coefficient (Wildman–Crippen LogP) is 4.85. The van der Waals surface area contributed by atoms with E-state index in [-0.39, 0.29) is 22.7 Å². The van der Waals surface area contributed by atoms with Gasteiger partial charge in [0.05, 0.1) is 5.69 Å². The number of cyclic esters (lactones) is 1. The number of nitrogens with one attached hydrogen (secondary N) is 1. The van der Waals surface area contributed by atoms with Crippen LogP contribution in [0.3, 0.4) is 0 Å². The summed E-state index contributed by atoms with van der Waals surface area (Å²) >= 11 is 5.79. The highest BCUT2D eigenvalue weighted by Crippen LogP contribution is 2.47. The minimum Gasteiger partial charge on any atom is -0.415 e.